The number of hydrogen-bond donors (Lipinski definition) is 3. The predicted molar refractivity (Wildman–Crippen MR) is 78.7 cm³/mol. The summed E-state index contributed by atoms with van der Waals surface area (Å²) in [6, 6.07) is 6.60. The number of benzene rings is 1. The highest BCUT2D eigenvalue weighted by Gasteiger charge is 2.21. The average Bonchev–Trinajstić information content (AvgIpc) is 2.86. The molecular weight excluding hydrogens is 256 g/mol. The van der Waals surface area contributed by atoms with Crippen molar-refractivity contribution >= 4 is 23.3 Å². The summed E-state index contributed by atoms with van der Waals surface area (Å²) in [6.45, 7) is 3.30. The van der Waals surface area contributed by atoms with Crippen molar-refractivity contribution in [2.75, 3.05) is 23.3 Å². The van der Waals surface area contributed by atoms with E-state index in [1.165, 1.54) is 0 Å². The zero-order valence-corrected chi connectivity index (χ0v) is 11.6. The number of nitrogens with one attached hydrogen (secondary N) is 2. The molecule has 1 heterocycles. The van der Waals surface area contributed by atoms with Crippen LogP contribution >= 0.6 is 0 Å². The lowest BCUT2D eigenvalue weighted by molar-refractivity contribution is -0.117. The zero-order chi connectivity index (χ0) is 14.5. The Hall–Kier alpha value is -2.08. The van der Waals surface area contributed by atoms with Gasteiger partial charge in [0.05, 0.1) is 6.04 Å². The molecule has 1 aliphatic rings. The molecule has 0 saturated carbocycles. The van der Waals surface area contributed by atoms with Crippen LogP contribution in [0.5, 0.6) is 0 Å². The molecule has 1 atom stereocenters. The summed E-state index contributed by atoms with van der Waals surface area (Å²) >= 11 is 0. The molecule has 0 unspecified atom stereocenters. The second-order valence-electron chi connectivity index (χ2n) is 4.81. The molecule has 1 fully saturated rings. The van der Waals surface area contributed by atoms with Crippen LogP contribution in [-0.4, -0.2) is 31.1 Å². The van der Waals surface area contributed by atoms with Crippen molar-refractivity contribution in [1.29, 1.82) is 0 Å². The number of carbonyl (C=O) groups excluding carboxylic acids is 2. The van der Waals surface area contributed by atoms with Gasteiger partial charge in [-0.3, -0.25) is 9.69 Å². The first-order chi connectivity index (χ1) is 9.61. The van der Waals surface area contributed by atoms with Gasteiger partial charge >= 0.3 is 6.03 Å². The quantitative estimate of drug-likeness (QED) is 0.757. The Morgan fingerprint density at radius 1 is 1.45 bits per heavy atom. The van der Waals surface area contributed by atoms with Crippen molar-refractivity contribution in [1.82, 2.24) is 5.32 Å². The third-order valence-corrected chi connectivity index (χ3v) is 3.24. The third-order valence-electron chi connectivity index (χ3n) is 3.24. The molecule has 108 valence electrons. The lowest BCUT2D eigenvalue weighted by atomic mass is 10.1. The van der Waals surface area contributed by atoms with Crippen molar-refractivity contribution in [3.63, 3.8) is 0 Å². The van der Waals surface area contributed by atoms with E-state index in [1.807, 2.05) is 19.1 Å². The van der Waals surface area contributed by atoms with Gasteiger partial charge in [-0.05, 0) is 30.7 Å². The number of anilines is 2. The van der Waals surface area contributed by atoms with Crippen LogP contribution in [0.15, 0.2) is 24.3 Å². The van der Waals surface area contributed by atoms with Crippen molar-refractivity contribution < 1.29 is 9.59 Å². The van der Waals surface area contributed by atoms with Gasteiger partial charge < -0.3 is 16.4 Å². The lowest BCUT2D eigenvalue weighted by Gasteiger charge is -2.15. The van der Waals surface area contributed by atoms with Gasteiger partial charge in [0, 0.05) is 24.5 Å². The van der Waals surface area contributed by atoms with E-state index in [0.717, 1.165) is 12.1 Å². The van der Waals surface area contributed by atoms with E-state index in [-0.39, 0.29) is 11.9 Å². The average molecular weight is 276 g/mol. The van der Waals surface area contributed by atoms with Gasteiger partial charge in [0.1, 0.15) is 0 Å². The number of hydrogen-bond acceptors (Lipinski definition) is 3. The number of rotatable bonds is 5. The van der Waals surface area contributed by atoms with Crippen LogP contribution < -0.4 is 21.3 Å². The molecule has 0 bridgehead atoms. The first kappa shape index (κ1) is 14.3. The fourth-order valence-corrected chi connectivity index (χ4v) is 2.12. The molecule has 1 aromatic carbocycles. The van der Waals surface area contributed by atoms with Crippen LogP contribution in [0.3, 0.4) is 0 Å². The summed E-state index contributed by atoms with van der Waals surface area (Å²) in [4.78, 5) is 25.0. The van der Waals surface area contributed by atoms with Gasteiger partial charge in [-0.1, -0.05) is 13.3 Å². The van der Waals surface area contributed by atoms with E-state index in [0.29, 0.717) is 25.2 Å². The van der Waals surface area contributed by atoms with E-state index in [4.69, 9.17) is 5.73 Å². The molecule has 0 radical (unpaired) electrons. The van der Waals surface area contributed by atoms with Gasteiger partial charge in [0.25, 0.3) is 0 Å². The summed E-state index contributed by atoms with van der Waals surface area (Å²) in [5, 5.41) is 5.52. The van der Waals surface area contributed by atoms with Crippen LogP contribution in [0, 0.1) is 0 Å². The summed E-state index contributed by atoms with van der Waals surface area (Å²) in [7, 11) is 0. The monoisotopic (exact) mass is 276 g/mol. The molecule has 0 aliphatic carbocycles. The highest BCUT2D eigenvalue weighted by Crippen LogP contribution is 2.19. The molecule has 1 aromatic rings. The Balaban J connectivity index is 1.98. The van der Waals surface area contributed by atoms with Crippen LogP contribution in [0.1, 0.15) is 19.8 Å². The Labute approximate surface area is 118 Å². The molecule has 3 amide bonds. The van der Waals surface area contributed by atoms with E-state index in [1.54, 1.807) is 17.0 Å². The molecule has 6 heteroatoms. The van der Waals surface area contributed by atoms with E-state index < -0.39 is 6.04 Å². The highest BCUT2D eigenvalue weighted by atomic mass is 16.2. The fourth-order valence-electron chi connectivity index (χ4n) is 2.12. The van der Waals surface area contributed by atoms with Gasteiger partial charge in [0.2, 0.25) is 5.91 Å². The molecule has 0 spiro atoms. The maximum absolute atomic E-state index is 11.8. The van der Waals surface area contributed by atoms with Crippen LogP contribution in [0.4, 0.5) is 16.2 Å². The van der Waals surface area contributed by atoms with Crippen LogP contribution in [-0.2, 0) is 4.79 Å². The second kappa shape index (κ2) is 6.38. The highest BCUT2D eigenvalue weighted by molar-refractivity contribution is 5.96. The van der Waals surface area contributed by atoms with Gasteiger partial charge in [-0.2, -0.15) is 0 Å². The van der Waals surface area contributed by atoms with Crippen LogP contribution in [0.25, 0.3) is 0 Å². The van der Waals surface area contributed by atoms with Crippen LogP contribution in [0.2, 0.25) is 0 Å². The number of nitrogens with zero attached hydrogens (tertiary/aromatic N) is 1. The normalized spacial score (nSPS) is 15.9. The molecule has 0 aromatic heterocycles. The number of amides is 3. The van der Waals surface area contributed by atoms with Crippen molar-refractivity contribution in [3.05, 3.63) is 24.3 Å². The Bertz CT molecular complexity index is 486. The zero-order valence-electron chi connectivity index (χ0n) is 11.6. The van der Waals surface area contributed by atoms with Crippen molar-refractivity contribution in [2.24, 2.45) is 5.73 Å². The first-order valence-electron chi connectivity index (χ1n) is 6.83. The van der Waals surface area contributed by atoms with E-state index >= 15 is 0 Å². The van der Waals surface area contributed by atoms with Gasteiger partial charge in [-0.25, -0.2) is 4.79 Å². The molecule has 6 nitrogen and oxygen atoms in total. The standard InChI is InChI=1S/C14H20N4O2/c1-2-3-12(15)13(19)17-10-4-6-11(7-5-10)18-9-8-16-14(18)20/h4-7,12H,2-3,8-9,15H2,1H3,(H,16,20)(H,17,19)/t12-/m1/s1. The molecule has 1 aliphatic heterocycles. The molecule has 1 saturated heterocycles. The molecule has 20 heavy (non-hydrogen) atoms. The first-order valence-corrected chi connectivity index (χ1v) is 6.83. The second-order valence-corrected chi connectivity index (χ2v) is 4.81. The molecule has 2 rings (SSSR count). The summed E-state index contributed by atoms with van der Waals surface area (Å²) in [5.74, 6) is -0.182. The Morgan fingerprint density at radius 3 is 2.70 bits per heavy atom. The molecular formula is C14H20N4O2. The van der Waals surface area contributed by atoms with E-state index in [9.17, 15) is 9.59 Å². The minimum absolute atomic E-state index is 0.0910. The van der Waals surface area contributed by atoms with Gasteiger partial charge in [-0.15, -0.1) is 0 Å². The fraction of sp³-hybridized carbons (Fsp3) is 0.429. The Morgan fingerprint density at radius 2 is 2.15 bits per heavy atom. The summed E-state index contributed by atoms with van der Waals surface area (Å²) in [6.07, 6.45) is 1.54. The van der Waals surface area contributed by atoms with Gasteiger partial charge in [0.15, 0.2) is 0 Å². The van der Waals surface area contributed by atoms with Crippen molar-refractivity contribution in [2.45, 2.75) is 25.8 Å². The largest absolute Gasteiger partial charge is 0.336 e. The van der Waals surface area contributed by atoms with Crippen molar-refractivity contribution in [3.8, 4) is 0 Å². The summed E-state index contributed by atoms with van der Waals surface area (Å²) < 4.78 is 0. The minimum Gasteiger partial charge on any atom is -0.336 e. The number of carbonyl (C=O) groups is 2. The molecule has 4 N–H and O–H groups in total. The topological polar surface area (TPSA) is 87.5 Å². The summed E-state index contributed by atoms with van der Waals surface area (Å²) in [5.41, 5.74) is 7.25. The third kappa shape index (κ3) is 3.27. The lowest BCUT2D eigenvalue weighted by Crippen LogP contribution is -2.35. The minimum atomic E-state index is -0.482. The predicted octanol–water partition coefficient (Wildman–Crippen LogP) is 1.28. The number of nitrogens with two attached hydrogens (primary N) is 1. The maximum atomic E-state index is 11.8. The number of urea groups is 1. The van der Waals surface area contributed by atoms with E-state index in [2.05, 4.69) is 10.6 Å². The SMILES string of the molecule is CCC[C@@H](N)C(=O)Nc1ccc(N2CCNC2=O)cc1. The smallest absolute Gasteiger partial charge is 0.321 e. The maximum Gasteiger partial charge on any atom is 0.321 e. The Kier molecular flexibility index (Phi) is 4.57.